The molecule has 3 aromatic rings. The number of nitrogens with one attached hydrogen (secondary N) is 3. The van der Waals surface area contributed by atoms with E-state index in [-0.39, 0.29) is 18.1 Å². The van der Waals surface area contributed by atoms with Gasteiger partial charge >= 0.3 is 5.97 Å². The summed E-state index contributed by atoms with van der Waals surface area (Å²) in [6.07, 6.45) is 9.02. The lowest BCUT2D eigenvalue weighted by molar-refractivity contribution is -0.143. The Labute approximate surface area is 200 Å². The van der Waals surface area contributed by atoms with Gasteiger partial charge in [-0.3, -0.25) is 10.1 Å². The Hall–Kier alpha value is -2.79. The first-order valence-electron chi connectivity index (χ1n) is 12.9. The van der Waals surface area contributed by atoms with Gasteiger partial charge in [0.1, 0.15) is 6.04 Å². The van der Waals surface area contributed by atoms with Gasteiger partial charge in [0.05, 0.1) is 13.2 Å². The average molecular weight is 456 g/mol. The van der Waals surface area contributed by atoms with E-state index in [9.17, 15) is 4.79 Å². The van der Waals surface area contributed by atoms with Gasteiger partial charge in [0, 0.05) is 34.2 Å². The van der Waals surface area contributed by atoms with Crippen LogP contribution in [0.15, 0.2) is 48.5 Å². The summed E-state index contributed by atoms with van der Waals surface area (Å²) < 4.78 is 5.11. The molecular weight excluding hydrogens is 422 g/mol. The topological polar surface area (TPSA) is 66.2 Å². The number of rotatable bonds is 4. The van der Waals surface area contributed by atoms with Gasteiger partial charge in [0.15, 0.2) is 0 Å². The summed E-state index contributed by atoms with van der Waals surface area (Å²) in [5, 5.41) is 8.74. The molecule has 4 fully saturated rings. The molecule has 4 saturated carbocycles. The molecule has 176 valence electrons. The smallest absolute Gasteiger partial charge is 0.323 e. The monoisotopic (exact) mass is 455 g/mol. The predicted molar refractivity (Wildman–Crippen MR) is 134 cm³/mol. The summed E-state index contributed by atoms with van der Waals surface area (Å²) in [4.78, 5) is 16.1. The highest BCUT2D eigenvalue weighted by Crippen LogP contribution is 2.56. The van der Waals surface area contributed by atoms with Crippen LogP contribution in [0, 0.1) is 17.8 Å². The van der Waals surface area contributed by atoms with E-state index in [0.29, 0.717) is 12.0 Å². The lowest BCUT2D eigenvalue weighted by Crippen LogP contribution is -2.54. The summed E-state index contributed by atoms with van der Waals surface area (Å²) >= 11 is 0. The van der Waals surface area contributed by atoms with Gasteiger partial charge in [-0.1, -0.05) is 30.3 Å². The van der Waals surface area contributed by atoms with Crippen LogP contribution in [0.1, 0.15) is 61.4 Å². The van der Waals surface area contributed by atoms with Crippen LogP contribution < -0.4 is 10.6 Å². The first-order valence-corrected chi connectivity index (χ1v) is 12.9. The Kier molecular flexibility index (Phi) is 4.60. The molecule has 4 aliphatic carbocycles. The molecule has 5 heteroatoms. The van der Waals surface area contributed by atoms with Gasteiger partial charge in [-0.05, 0) is 85.6 Å². The first kappa shape index (κ1) is 20.6. The molecule has 3 N–H and O–H groups in total. The highest BCUT2D eigenvalue weighted by molar-refractivity contribution is 5.87. The van der Waals surface area contributed by atoms with E-state index in [4.69, 9.17) is 4.74 Å². The molecule has 0 unspecified atom stereocenters. The van der Waals surface area contributed by atoms with Crippen LogP contribution in [0.3, 0.4) is 0 Å². The number of carbonyl (C=O) groups excluding carboxylic acids is 1. The van der Waals surface area contributed by atoms with Crippen molar-refractivity contribution >= 4 is 22.6 Å². The zero-order valence-corrected chi connectivity index (χ0v) is 19.8. The lowest BCUT2D eigenvalue weighted by atomic mass is 9.53. The summed E-state index contributed by atoms with van der Waals surface area (Å²) in [5.41, 5.74) is 6.18. The average Bonchev–Trinajstić information content (AvgIpc) is 3.21. The minimum absolute atomic E-state index is 0.0751. The molecule has 2 heterocycles. The van der Waals surface area contributed by atoms with E-state index >= 15 is 0 Å². The number of hydrogen-bond acceptors (Lipinski definition) is 4. The summed E-state index contributed by atoms with van der Waals surface area (Å²) in [6, 6.07) is 16.8. The number of ether oxygens (including phenoxy) is 1. The third kappa shape index (κ3) is 3.28. The largest absolute Gasteiger partial charge is 0.468 e. The molecule has 5 nitrogen and oxygen atoms in total. The standard InChI is InChI=1S/C29H33N3O2/c1-34-28(33)25-13-23-22-4-2-3-5-24(22)30-27(23)26(31-25)20-6-8-21(9-7-20)32-29-14-17-10-18(15-29)12-19(11-17)16-29/h2-9,17-19,25-26,30-32H,10-16H2,1H3/t17-,18+,19?,25-,26+,29-/m1/s1. The van der Waals surface area contributed by atoms with Gasteiger partial charge in [-0.15, -0.1) is 0 Å². The third-order valence-electron chi connectivity index (χ3n) is 9.09. The summed E-state index contributed by atoms with van der Waals surface area (Å²) in [6.45, 7) is 0. The van der Waals surface area contributed by atoms with Crippen LogP contribution in [-0.4, -0.2) is 29.6 Å². The second kappa shape index (κ2) is 7.61. The van der Waals surface area contributed by atoms with Crippen molar-refractivity contribution in [3.63, 3.8) is 0 Å². The van der Waals surface area contributed by atoms with Crippen molar-refractivity contribution in [2.75, 3.05) is 12.4 Å². The highest BCUT2D eigenvalue weighted by atomic mass is 16.5. The van der Waals surface area contributed by atoms with Gasteiger partial charge in [0.25, 0.3) is 0 Å². The molecule has 1 aromatic heterocycles. The predicted octanol–water partition coefficient (Wildman–Crippen LogP) is 5.33. The molecule has 0 amide bonds. The first-order chi connectivity index (χ1) is 16.6. The maximum Gasteiger partial charge on any atom is 0.323 e. The summed E-state index contributed by atoms with van der Waals surface area (Å²) in [7, 11) is 1.47. The molecule has 4 bridgehead atoms. The molecule has 2 atom stereocenters. The molecule has 8 rings (SSSR count). The number of anilines is 1. The number of benzene rings is 2. The SMILES string of the molecule is COC(=O)[C@H]1Cc2c([nH]c3ccccc23)[C@H](c2ccc(N[C@]34CC5C[C@H](C[C@H](C5)C3)C4)cc2)N1. The third-order valence-corrected chi connectivity index (χ3v) is 9.09. The van der Waals surface area contributed by atoms with Crippen molar-refractivity contribution < 1.29 is 9.53 Å². The fraction of sp³-hybridized carbons (Fsp3) is 0.483. The number of H-pyrrole nitrogens is 1. The van der Waals surface area contributed by atoms with Crippen LogP contribution in [0.5, 0.6) is 0 Å². The Balaban J connectivity index is 1.19. The minimum atomic E-state index is -0.355. The van der Waals surface area contributed by atoms with Crippen molar-refractivity contribution in [1.29, 1.82) is 0 Å². The van der Waals surface area contributed by atoms with Crippen molar-refractivity contribution in [1.82, 2.24) is 10.3 Å². The van der Waals surface area contributed by atoms with Crippen LogP contribution in [0.4, 0.5) is 5.69 Å². The Morgan fingerprint density at radius 2 is 1.65 bits per heavy atom. The number of fused-ring (bicyclic) bond motifs is 3. The highest BCUT2D eigenvalue weighted by Gasteiger charge is 2.50. The quantitative estimate of drug-likeness (QED) is 0.466. The van der Waals surface area contributed by atoms with E-state index in [1.54, 1.807) is 0 Å². The van der Waals surface area contributed by atoms with E-state index < -0.39 is 0 Å². The Morgan fingerprint density at radius 3 is 2.32 bits per heavy atom. The zero-order valence-electron chi connectivity index (χ0n) is 19.8. The van der Waals surface area contributed by atoms with E-state index in [1.807, 2.05) is 0 Å². The van der Waals surface area contributed by atoms with Crippen molar-refractivity contribution in [3.05, 3.63) is 65.4 Å². The molecular formula is C29H33N3O2. The van der Waals surface area contributed by atoms with E-state index in [2.05, 4.69) is 64.1 Å². The van der Waals surface area contributed by atoms with Crippen LogP contribution in [-0.2, 0) is 16.0 Å². The second-order valence-electron chi connectivity index (χ2n) is 11.4. The molecule has 2 aromatic carbocycles. The fourth-order valence-corrected chi connectivity index (χ4v) is 8.12. The molecule has 0 radical (unpaired) electrons. The maximum atomic E-state index is 12.5. The Bertz CT molecular complexity index is 1210. The van der Waals surface area contributed by atoms with Crippen LogP contribution in [0.2, 0.25) is 0 Å². The van der Waals surface area contributed by atoms with Gasteiger partial charge < -0.3 is 15.0 Å². The Morgan fingerprint density at radius 1 is 0.971 bits per heavy atom. The van der Waals surface area contributed by atoms with E-state index in [1.165, 1.54) is 62.3 Å². The van der Waals surface area contributed by atoms with Crippen LogP contribution in [0.25, 0.3) is 10.9 Å². The lowest BCUT2D eigenvalue weighted by Gasteiger charge is -2.57. The second-order valence-corrected chi connectivity index (χ2v) is 11.4. The number of aromatic amines is 1. The fourth-order valence-electron chi connectivity index (χ4n) is 8.12. The number of aromatic nitrogens is 1. The van der Waals surface area contributed by atoms with Crippen LogP contribution >= 0.6 is 0 Å². The molecule has 34 heavy (non-hydrogen) atoms. The van der Waals surface area contributed by atoms with Gasteiger partial charge in [-0.2, -0.15) is 0 Å². The number of hydrogen-bond donors (Lipinski definition) is 3. The number of methoxy groups -OCH3 is 1. The van der Waals surface area contributed by atoms with Gasteiger partial charge in [-0.25, -0.2) is 0 Å². The molecule has 5 aliphatic rings. The van der Waals surface area contributed by atoms with E-state index in [0.717, 1.165) is 34.5 Å². The van der Waals surface area contributed by atoms with Crippen molar-refractivity contribution in [3.8, 4) is 0 Å². The van der Waals surface area contributed by atoms with Crippen molar-refractivity contribution in [2.45, 2.75) is 62.6 Å². The summed E-state index contributed by atoms with van der Waals surface area (Å²) in [5.74, 6) is 2.58. The normalized spacial score (nSPS) is 33.6. The number of carbonyl (C=O) groups is 1. The number of esters is 1. The molecule has 0 saturated heterocycles. The van der Waals surface area contributed by atoms with Gasteiger partial charge in [0.2, 0.25) is 0 Å². The maximum absolute atomic E-state index is 12.5. The number of para-hydroxylation sites is 1. The molecule has 0 spiro atoms. The minimum Gasteiger partial charge on any atom is -0.468 e. The van der Waals surface area contributed by atoms with Crippen molar-refractivity contribution in [2.24, 2.45) is 17.8 Å². The zero-order chi connectivity index (χ0) is 22.9. The molecule has 1 aliphatic heterocycles.